The molecule has 0 saturated carbocycles. The minimum absolute atomic E-state index is 0.252. The van der Waals surface area contributed by atoms with Crippen molar-refractivity contribution in [3.05, 3.63) is 76.7 Å². The number of nitrogen functional groups attached to an aromatic ring is 1. The summed E-state index contributed by atoms with van der Waals surface area (Å²) in [6, 6.07) is 15.9. The molecule has 0 radical (unpaired) electrons. The number of hydrogen-bond acceptors (Lipinski definition) is 5. The van der Waals surface area contributed by atoms with E-state index in [0.717, 1.165) is 39.1 Å². The summed E-state index contributed by atoms with van der Waals surface area (Å²) < 4.78 is 0. The Bertz CT molecular complexity index is 1100. The van der Waals surface area contributed by atoms with Gasteiger partial charge in [0.1, 0.15) is 10.7 Å². The van der Waals surface area contributed by atoms with Crippen molar-refractivity contribution >= 4 is 28.6 Å². The lowest BCUT2D eigenvalue weighted by atomic mass is 10.1. The highest BCUT2D eigenvalue weighted by molar-refractivity contribution is 6.30. The molecule has 0 spiro atoms. The summed E-state index contributed by atoms with van der Waals surface area (Å²) in [5.41, 5.74) is 11.9. The predicted octanol–water partition coefficient (Wildman–Crippen LogP) is 4.22. The standard InChI is InChI=1S/C20H16ClN5/c1-12-9-14(11-23-19(12)21)15-7-8-16-18(24-15)17(26-20(22)25-16)10-13-5-3-2-4-6-13/h2-9,11H,10H2,1H3,(H2,22,25,26). The van der Waals surface area contributed by atoms with E-state index in [1.807, 2.05) is 43.3 Å². The van der Waals surface area contributed by atoms with Crippen molar-refractivity contribution in [1.29, 1.82) is 0 Å². The number of pyridine rings is 2. The molecule has 0 amide bonds. The van der Waals surface area contributed by atoms with Crippen LogP contribution in [0.15, 0.2) is 54.7 Å². The molecule has 26 heavy (non-hydrogen) atoms. The second kappa shape index (κ2) is 6.69. The van der Waals surface area contributed by atoms with E-state index in [1.165, 1.54) is 0 Å². The fourth-order valence-electron chi connectivity index (χ4n) is 2.87. The predicted molar refractivity (Wildman–Crippen MR) is 104 cm³/mol. The first-order valence-electron chi connectivity index (χ1n) is 8.20. The summed E-state index contributed by atoms with van der Waals surface area (Å²) >= 11 is 6.03. The van der Waals surface area contributed by atoms with Crippen molar-refractivity contribution in [3.63, 3.8) is 0 Å². The Morgan fingerprint density at radius 1 is 1.00 bits per heavy atom. The van der Waals surface area contributed by atoms with E-state index in [2.05, 4.69) is 27.1 Å². The van der Waals surface area contributed by atoms with Crippen LogP contribution in [0.2, 0.25) is 5.15 Å². The highest BCUT2D eigenvalue weighted by Crippen LogP contribution is 2.25. The first kappa shape index (κ1) is 16.4. The fourth-order valence-corrected chi connectivity index (χ4v) is 2.97. The SMILES string of the molecule is Cc1cc(-c2ccc3nc(N)nc(Cc4ccccc4)c3n2)cnc1Cl. The number of fused-ring (bicyclic) bond motifs is 1. The molecule has 4 rings (SSSR count). The molecule has 3 aromatic heterocycles. The van der Waals surface area contributed by atoms with Crippen LogP contribution in [0.1, 0.15) is 16.8 Å². The Balaban J connectivity index is 1.84. The summed E-state index contributed by atoms with van der Waals surface area (Å²) in [5.74, 6) is 0.252. The quantitative estimate of drug-likeness (QED) is 0.553. The molecule has 1 aromatic carbocycles. The van der Waals surface area contributed by atoms with Gasteiger partial charge in [0.25, 0.3) is 0 Å². The molecule has 0 unspecified atom stereocenters. The van der Waals surface area contributed by atoms with Crippen molar-refractivity contribution in [1.82, 2.24) is 19.9 Å². The van der Waals surface area contributed by atoms with Gasteiger partial charge in [0.2, 0.25) is 5.95 Å². The van der Waals surface area contributed by atoms with Gasteiger partial charge in [-0.2, -0.15) is 0 Å². The molecule has 0 atom stereocenters. The van der Waals surface area contributed by atoms with Gasteiger partial charge in [0.15, 0.2) is 0 Å². The van der Waals surface area contributed by atoms with Gasteiger partial charge in [0, 0.05) is 18.2 Å². The lowest BCUT2D eigenvalue weighted by Gasteiger charge is -2.09. The van der Waals surface area contributed by atoms with Gasteiger partial charge in [-0.15, -0.1) is 0 Å². The van der Waals surface area contributed by atoms with Crippen LogP contribution in [-0.4, -0.2) is 19.9 Å². The number of aromatic nitrogens is 4. The zero-order valence-corrected chi connectivity index (χ0v) is 14.9. The molecular formula is C20H16ClN5. The number of nitrogens with zero attached hydrogens (tertiary/aromatic N) is 4. The van der Waals surface area contributed by atoms with Crippen LogP contribution >= 0.6 is 11.6 Å². The van der Waals surface area contributed by atoms with Gasteiger partial charge < -0.3 is 5.73 Å². The van der Waals surface area contributed by atoms with Crippen LogP contribution in [0, 0.1) is 6.92 Å². The fraction of sp³-hybridized carbons (Fsp3) is 0.100. The number of benzene rings is 1. The van der Waals surface area contributed by atoms with Crippen LogP contribution in [0.25, 0.3) is 22.3 Å². The van der Waals surface area contributed by atoms with Crippen LogP contribution in [0.5, 0.6) is 0 Å². The minimum atomic E-state index is 0.252. The Morgan fingerprint density at radius 3 is 2.58 bits per heavy atom. The average molecular weight is 362 g/mol. The molecule has 0 aliphatic heterocycles. The third-order valence-corrected chi connectivity index (χ3v) is 4.55. The molecule has 128 valence electrons. The average Bonchev–Trinajstić information content (AvgIpc) is 2.64. The Kier molecular flexibility index (Phi) is 4.22. The van der Waals surface area contributed by atoms with Crippen LogP contribution in [0.3, 0.4) is 0 Å². The van der Waals surface area contributed by atoms with Gasteiger partial charge >= 0.3 is 0 Å². The molecule has 0 aliphatic rings. The normalized spacial score (nSPS) is 11.0. The van der Waals surface area contributed by atoms with Crippen molar-refractivity contribution in [2.24, 2.45) is 0 Å². The number of aryl methyl sites for hydroxylation is 1. The molecule has 2 N–H and O–H groups in total. The Morgan fingerprint density at radius 2 is 1.81 bits per heavy atom. The third-order valence-electron chi connectivity index (χ3n) is 4.16. The van der Waals surface area contributed by atoms with Gasteiger partial charge in [-0.3, -0.25) is 0 Å². The molecule has 0 saturated heterocycles. The lowest BCUT2D eigenvalue weighted by molar-refractivity contribution is 1.06. The number of rotatable bonds is 3. The monoisotopic (exact) mass is 361 g/mol. The topological polar surface area (TPSA) is 77.6 Å². The number of anilines is 1. The van der Waals surface area contributed by atoms with E-state index in [0.29, 0.717) is 11.6 Å². The summed E-state index contributed by atoms with van der Waals surface area (Å²) in [6.07, 6.45) is 2.36. The van der Waals surface area contributed by atoms with E-state index in [9.17, 15) is 0 Å². The van der Waals surface area contributed by atoms with Gasteiger partial charge in [-0.25, -0.2) is 19.9 Å². The van der Waals surface area contributed by atoms with E-state index < -0.39 is 0 Å². The van der Waals surface area contributed by atoms with Crippen LogP contribution < -0.4 is 5.73 Å². The summed E-state index contributed by atoms with van der Waals surface area (Å²) in [5, 5.41) is 0.496. The lowest BCUT2D eigenvalue weighted by Crippen LogP contribution is -2.03. The molecule has 4 aromatic rings. The van der Waals surface area contributed by atoms with Gasteiger partial charge in [-0.05, 0) is 36.2 Å². The molecule has 0 bridgehead atoms. The van der Waals surface area contributed by atoms with E-state index in [1.54, 1.807) is 6.20 Å². The maximum Gasteiger partial charge on any atom is 0.220 e. The molecule has 3 heterocycles. The Labute approximate surface area is 155 Å². The van der Waals surface area contributed by atoms with Crippen molar-refractivity contribution in [2.45, 2.75) is 13.3 Å². The second-order valence-corrected chi connectivity index (χ2v) is 6.44. The zero-order valence-electron chi connectivity index (χ0n) is 14.1. The first-order valence-corrected chi connectivity index (χ1v) is 8.57. The summed E-state index contributed by atoms with van der Waals surface area (Å²) in [6.45, 7) is 1.92. The maximum atomic E-state index is 6.03. The Hall–Kier alpha value is -3.05. The minimum Gasteiger partial charge on any atom is -0.368 e. The van der Waals surface area contributed by atoms with E-state index in [-0.39, 0.29) is 5.95 Å². The van der Waals surface area contributed by atoms with Crippen molar-refractivity contribution in [3.8, 4) is 11.3 Å². The highest BCUT2D eigenvalue weighted by Gasteiger charge is 2.11. The number of halogens is 1. The molecule has 6 heteroatoms. The van der Waals surface area contributed by atoms with E-state index in [4.69, 9.17) is 22.3 Å². The van der Waals surface area contributed by atoms with Crippen molar-refractivity contribution in [2.75, 3.05) is 5.73 Å². The molecule has 0 aliphatic carbocycles. The van der Waals surface area contributed by atoms with Crippen molar-refractivity contribution < 1.29 is 0 Å². The summed E-state index contributed by atoms with van der Waals surface area (Å²) in [4.78, 5) is 17.7. The molecular weight excluding hydrogens is 346 g/mol. The van der Waals surface area contributed by atoms with Crippen LogP contribution in [0.4, 0.5) is 5.95 Å². The number of nitrogens with two attached hydrogens (primary N) is 1. The van der Waals surface area contributed by atoms with E-state index >= 15 is 0 Å². The summed E-state index contributed by atoms with van der Waals surface area (Å²) in [7, 11) is 0. The van der Waals surface area contributed by atoms with Gasteiger partial charge in [-0.1, -0.05) is 41.9 Å². The smallest absolute Gasteiger partial charge is 0.220 e. The molecule has 0 fully saturated rings. The third kappa shape index (κ3) is 3.21. The molecule has 5 nitrogen and oxygen atoms in total. The zero-order chi connectivity index (χ0) is 18.1. The number of hydrogen-bond donors (Lipinski definition) is 1. The van der Waals surface area contributed by atoms with Gasteiger partial charge in [0.05, 0.1) is 16.9 Å². The first-order chi connectivity index (χ1) is 12.6. The largest absolute Gasteiger partial charge is 0.368 e. The second-order valence-electron chi connectivity index (χ2n) is 6.09. The van der Waals surface area contributed by atoms with Crippen LogP contribution in [-0.2, 0) is 6.42 Å². The highest BCUT2D eigenvalue weighted by atomic mass is 35.5. The maximum absolute atomic E-state index is 6.03.